The van der Waals surface area contributed by atoms with Crippen LogP contribution in [0.15, 0.2) is 29.5 Å². The van der Waals surface area contributed by atoms with Gasteiger partial charge in [0.15, 0.2) is 5.01 Å². The number of hydrazone groups is 1. The summed E-state index contributed by atoms with van der Waals surface area (Å²) in [7, 11) is 0. The minimum Gasteiger partial charge on any atom is -0.492 e. The lowest BCUT2D eigenvalue weighted by atomic mass is 10.0. The van der Waals surface area contributed by atoms with Gasteiger partial charge in [-0.05, 0) is 30.7 Å². The van der Waals surface area contributed by atoms with Crippen LogP contribution in [-0.4, -0.2) is 54.8 Å². The maximum Gasteiger partial charge on any atom is 0.282 e. The van der Waals surface area contributed by atoms with Gasteiger partial charge in [-0.25, -0.2) is 4.98 Å². The molecule has 9 heteroatoms. The Morgan fingerprint density at radius 3 is 3.07 bits per heavy atom. The number of hydrogen-bond donors (Lipinski definition) is 3. The zero-order chi connectivity index (χ0) is 20.2. The third-order valence-corrected chi connectivity index (χ3v) is 6.16. The van der Waals surface area contributed by atoms with E-state index in [2.05, 4.69) is 10.4 Å². The lowest BCUT2D eigenvalue weighted by molar-refractivity contribution is 0.0766. The molecule has 5 N–H and O–H groups in total. The number of benzene rings is 1. The molecule has 29 heavy (non-hydrogen) atoms. The van der Waals surface area contributed by atoms with Crippen molar-refractivity contribution in [3.63, 3.8) is 0 Å². The largest absolute Gasteiger partial charge is 0.492 e. The summed E-state index contributed by atoms with van der Waals surface area (Å²) in [4.78, 5) is 20.7. The first-order valence-corrected chi connectivity index (χ1v) is 10.5. The Kier molecular flexibility index (Phi) is 5.77. The van der Waals surface area contributed by atoms with Crippen molar-refractivity contribution >= 4 is 29.0 Å². The summed E-state index contributed by atoms with van der Waals surface area (Å²) in [5.41, 5.74) is 8.96. The Morgan fingerprint density at radius 1 is 1.34 bits per heavy atom. The molecule has 0 radical (unpaired) electrons. The first-order chi connectivity index (χ1) is 14.2. The van der Waals surface area contributed by atoms with Crippen LogP contribution in [0, 0.1) is 0 Å². The molecule has 152 valence electrons. The first-order valence-electron chi connectivity index (χ1n) is 9.63. The fourth-order valence-electron chi connectivity index (χ4n) is 3.57. The summed E-state index contributed by atoms with van der Waals surface area (Å²) >= 11 is 1.47. The van der Waals surface area contributed by atoms with E-state index in [4.69, 9.17) is 21.3 Å². The van der Waals surface area contributed by atoms with Crippen LogP contribution in [0.3, 0.4) is 0 Å². The molecule has 0 saturated carbocycles. The number of carbonyl (C=O) groups is 1. The molecule has 2 aliphatic heterocycles. The van der Waals surface area contributed by atoms with Crippen molar-refractivity contribution in [1.29, 1.82) is 0 Å². The molecule has 8 nitrogen and oxygen atoms in total. The molecule has 0 bridgehead atoms. The van der Waals surface area contributed by atoms with Crippen LogP contribution in [0.25, 0.3) is 16.8 Å². The topological polar surface area (TPSA) is 119 Å². The summed E-state index contributed by atoms with van der Waals surface area (Å²) in [6, 6.07) is 5.79. The number of thiazole rings is 1. The van der Waals surface area contributed by atoms with E-state index in [1.165, 1.54) is 23.8 Å². The molecular formula is C20H24N6O2S. The molecule has 0 spiro atoms. The zero-order valence-electron chi connectivity index (χ0n) is 16.1. The van der Waals surface area contributed by atoms with Crippen LogP contribution in [0.4, 0.5) is 0 Å². The maximum atomic E-state index is 13.0. The molecule has 2 aromatic rings. The fraction of sp³-hybridized carbons (Fsp3) is 0.350. The number of nitrogens with one attached hydrogen (secondary N) is 1. The normalized spacial score (nSPS) is 17.2. The van der Waals surface area contributed by atoms with Gasteiger partial charge in [0.25, 0.3) is 5.91 Å². The SMILES string of the molecule is NC=C(C=NN)c1ccc2c(c1)OCCc1sc(C(=O)N3CCCNCC3)nc1-2. The van der Waals surface area contributed by atoms with Crippen molar-refractivity contribution in [1.82, 2.24) is 15.2 Å². The molecule has 1 aromatic carbocycles. The smallest absolute Gasteiger partial charge is 0.282 e. The number of nitrogens with two attached hydrogens (primary N) is 2. The summed E-state index contributed by atoms with van der Waals surface area (Å²) in [5, 5.41) is 7.42. The highest BCUT2D eigenvalue weighted by molar-refractivity contribution is 7.14. The number of hydrogen-bond acceptors (Lipinski definition) is 8. The van der Waals surface area contributed by atoms with Gasteiger partial charge in [0.2, 0.25) is 0 Å². The van der Waals surface area contributed by atoms with Gasteiger partial charge in [0, 0.05) is 48.3 Å². The Bertz CT molecular complexity index is 960. The molecule has 3 heterocycles. The van der Waals surface area contributed by atoms with E-state index in [1.807, 2.05) is 23.1 Å². The lowest BCUT2D eigenvalue weighted by Gasteiger charge is -2.18. The third kappa shape index (κ3) is 3.96. The molecule has 1 amide bonds. The van der Waals surface area contributed by atoms with Gasteiger partial charge in [0.1, 0.15) is 5.75 Å². The Hall–Kier alpha value is -2.91. The Balaban J connectivity index is 1.67. The Morgan fingerprint density at radius 2 is 2.24 bits per heavy atom. The van der Waals surface area contributed by atoms with Gasteiger partial charge in [-0.3, -0.25) is 4.79 Å². The third-order valence-electron chi connectivity index (χ3n) is 5.06. The van der Waals surface area contributed by atoms with E-state index < -0.39 is 0 Å². The van der Waals surface area contributed by atoms with E-state index in [0.29, 0.717) is 29.5 Å². The summed E-state index contributed by atoms with van der Waals surface area (Å²) in [6.07, 6.45) is 4.63. The van der Waals surface area contributed by atoms with Crippen molar-refractivity contribution in [2.45, 2.75) is 12.8 Å². The first kappa shape index (κ1) is 19.4. The second kappa shape index (κ2) is 8.62. The van der Waals surface area contributed by atoms with Crippen LogP contribution in [-0.2, 0) is 6.42 Å². The van der Waals surface area contributed by atoms with E-state index in [-0.39, 0.29) is 5.91 Å². The van der Waals surface area contributed by atoms with Crippen LogP contribution in [0.2, 0.25) is 0 Å². The van der Waals surface area contributed by atoms with Crippen LogP contribution >= 0.6 is 11.3 Å². The number of allylic oxidation sites excluding steroid dienone is 1. The minimum atomic E-state index is 0.0124. The zero-order valence-corrected chi connectivity index (χ0v) is 16.9. The molecule has 2 aliphatic rings. The van der Waals surface area contributed by atoms with Crippen molar-refractivity contribution in [3.8, 4) is 17.0 Å². The van der Waals surface area contributed by atoms with Gasteiger partial charge in [-0.1, -0.05) is 6.07 Å². The fourth-order valence-corrected chi connectivity index (χ4v) is 4.60. The maximum absolute atomic E-state index is 13.0. The molecule has 4 rings (SSSR count). The van der Waals surface area contributed by atoms with Gasteiger partial charge in [0.05, 0.1) is 18.5 Å². The second-order valence-corrected chi connectivity index (χ2v) is 7.98. The van der Waals surface area contributed by atoms with Crippen LogP contribution < -0.4 is 21.6 Å². The minimum absolute atomic E-state index is 0.0124. The van der Waals surface area contributed by atoms with Gasteiger partial charge >= 0.3 is 0 Å². The number of nitrogens with zero attached hydrogens (tertiary/aromatic N) is 3. The van der Waals surface area contributed by atoms with Gasteiger partial charge in [-0.2, -0.15) is 5.10 Å². The number of aromatic nitrogens is 1. The highest BCUT2D eigenvalue weighted by Gasteiger charge is 2.26. The molecule has 1 saturated heterocycles. The standard InChI is InChI=1S/C20H24N6O2S/c21-11-14(12-24-22)13-2-3-15-16(10-13)28-9-4-17-18(15)25-19(29-17)20(27)26-7-1-5-23-6-8-26/h2-3,10-12,23H,1,4-9,21-22H2. The summed E-state index contributed by atoms with van der Waals surface area (Å²) in [6.45, 7) is 3.76. The van der Waals surface area contributed by atoms with Gasteiger partial charge in [-0.15, -0.1) is 11.3 Å². The molecule has 0 unspecified atom stereocenters. The Labute approximate surface area is 173 Å². The monoisotopic (exact) mass is 412 g/mol. The molecule has 0 aliphatic carbocycles. The predicted octanol–water partition coefficient (Wildman–Crippen LogP) is 1.42. The number of carbonyl (C=O) groups excluding carboxylic acids is 1. The average Bonchev–Trinajstić information content (AvgIpc) is 2.90. The van der Waals surface area contributed by atoms with Crippen LogP contribution in [0.5, 0.6) is 5.75 Å². The van der Waals surface area contributed by atoms with E-state index in [0.717, 1.165) is 54.2 Å². The van der Waals surface area contributed by atoms with E-state index in [1.54, 1.807) is 0 Å². The van der Waals surface area contributed by atoms with E-state index >= 15 is 0 Å². The second-order valence-electron chi connectivity index (χ2n) is 6.90. The van der Waals surface area contributed by atoms with Crippen molar-refractivity contribution in [3.05, 3.63) is 39.8 Å². The highest BCUT2D eigenvalue weighted by atomic mass is 32.1. The highest BCUT2D eigenvalue weighted by Crippen LogP contribution is 2.39. The number of ether oxygens (including phenoxy) is 1. The summed E-state index contributed by atoms with van der Waals surface area (Å²) in [5.74, 6) is 5.99. The quantitative estimate of drug-likeness (QED) is 0.399. The number of fused-ring (bicyclic) bond motifs is 3. The lowest BCUT2D eigenvalue weighted by Crippen LogP contribution is -2.34. The van der Waals surface area contributed by atoms with Crippen LogP contribution in [0.1, 0.15) is 26.7 Å². The van der Waals surface area contributed by atoms with Crippen molar-refractivity contribution in [2.75, 3.05) is 32.8 Å². The van der Waals surface area contributed by atoms with E-state index in [9.17, 15) is 4.79 Å². The average molecular weight is 413 g/mol. The molecular weight excluding hydrogens is 388 g/mol. The summed E-state index contributed by atoms with van der Waals surface area (Å²) < 4.78 is 5.96. The molecule has 1 fully saturated rings. The number of rotatable bonds is 3. The molecule has 1 aromatic heterocycles. The van der Waals surface area contributed by atoms with Crippen molar-refractivity contribution < 1.29 is 9.53 Å². The number of amides is 1. The van der Waals surface area contributed by atoms with Gasteiger partial charge < -0.3 is 26.5 Å². The van der Waals surface area contributed by atoms with Crippen molar-refractivity contribution in [2.24, 2.45) is 16.7 Å². The predicted molar refractivity (Wildman–Crippen MR) is 115 cm³/mol. The molecule has 0 atom stereocenters.